The van der Waals surface area contributed by atoms with Crippen molar-refractivity contribution in [1.82, 2.24) is 14.9 Å². The molecule has 5 heteroatoms. The van der Waals surface area contributed by atoms with Crippen molar-refractivity contribution in [2.24, 2.45) is 5.92 Å². The molecule has 1 N–H and O–H groups in total. The Bertz CT molecular complexity index is 688. The Hall–Kier alpha value is -1.20. The van der Waals surface area contributed by atoms with Gasteiger partial charge in [0.1, 0.15) is 17.0 Å². The molecule has 0 saturated carbocycles. The van der Waals surface area contributed by atoms with Crippen molar-refractivity contribution >= 4 is 27.4 Å². The maximum atomic E-state index is 4.58. The van der Waals surface area contributed by atoms with Gasteiger partial charge < -0.3 is 5.32 Å². The molecule has 4 nitrogen and oxygen atoms in total. The van der Waals surface area contributed by atoms with Crippen molar-refractivity contribution in [3.63, 3.8) is 0 Å². The van der Waals surface area contributed by atoms with Crippen molar-refractivity contribution < 1.29 is 0 Å². The average Bonchev–Trinajstić information content (AvgIpc) is 3.23. The summed E-state index contributed by atoms with van der Waals surface area (Å²) in [5.41, 5.74) is 1.51. The van der Waals surface area contributed by atoms with Crippen LogP contribution in [-0.2, 0) is 12.8 Å². The fourth-order valence-electron chi connectivity index (χ4n) is 4.12. The first-order chi connectivity index (χ1) is 11.2. The summed E-state index contributed by atoms with van der Waals surface area (Å²) in [5.74, 6) is 1.71. The van der Waals surface area contributed by atoms with Gasteiger partial charge in [-0.05, 0) is 56.7 Å². The normalized spacial score (nSPS) is 19.6. The Morgan fingerprint density at radius 1 is 1.17 bits per heavy atom. The monoisotopic (exact) mass is 330 g/mol. The summed E-state index contributed by atoms with van der Waals surface area (Å²) in [7, 11) is 0. The number of rotatable bonds is 5. The first-order valence-electron chi connectivity index (χ1n) is 8.97. The van der Waals surface area contributed by atoms with Gasteiger partial charge in [-0.25, -0.2) is 9.97 Å². The standard InChI is InChI=1S/C18H26N4S/c1-12(2)14(22-8-3-4-9-22)10-19-17-16-13-6-5-7-15(13)23-18(16)21-11-20-17/h11-12,14H,3-10H2,1-2H3,(H,19,20,21)/t14-/m1/s1. The second-order valence-electron chi connectivity index (χ2n) is 7.20. The SMILES string of the molecule is CC(C)[C@@H](CNc1ncnc2sc3c(c12)CCC3)N1CCCC1. The summed E-state index contributed by atoms with van der Waals surface area (Å²) in [6.45, 7) is 8.15. The third-order valence-electron chi connectivity index (χ3n) is 5.36. The lowest BCUT2D eigenvalue weighted by Gasteiger charge is -2.31. The maximum Gasteiger partial charge on any atom is 0.138 e. The van der Waals surface area contributed by atoms with Crippen LogP contribution in [0.15, 0.2) is 6.33 Å². The third kappa shape index (κ3) is 2.85. The van der Waals surface area contributed by atoms with E-state index in [-0.39, 0.29) is 0 Å². The summed E-state index contributed by atoms with van der Waals surface area (Å²) in [4.78, 5) is 14.4. The minimum Gasteiger partial charge on any atom is -0.368 e. The number of anilines is 1. The van der Waals surface area contributed by atoms with Crippen LogP contribution in [0.2, 0.25) is 0 Å². The molecular formula is C18H26N4S. The molecule has 1 aliphatic carbocycles. The van der Waals surface area contributed by atoms with Gasteiger partial charge in [-0.15, -0.1) is 11.3 Å². The zero-order valence-electron chi connectivity index (χ0n) is 14.1. The van der Waals surface area contributed by atoms with Gasteiger partial charge >= 0.3 is 0 Å². The summed E-state index contributed by atoms with van der Waals surface area (Å²) in [6.07, 6.45) is 8.11. The summed E-state index contributed by atoms with van der Waals surface area (Å²) in [5, 5.41) is 4.98. The molecule has 2 aromatic rings. The molecule has 2 aliphatic rings. The number of likely N-dealkylation sites (tertiary alicyclic amines) is 1. The highest BCUT2D eigenvalue weighted by Gasteiger charge is 2.26. The summed E-state index contributed by atoms with van der Waals surface area (Å²) >= 11 is 1.86. The van der Waals surface area contributed by atoms with Crippen LogP contribution in [0.5, 0.6) is 0 Å². The van der Waals surface area contributed by atoms with E-state index < -0.39 is 0 Å². The molecule has 23 heavy (non-hydrogen) atoms. The Balaban J connectivity index is 1.57. The largest absolute Gasteiger partial charge is 0.368 e. The van der Waals surface area contributed by atoms with Crippen molar-refractivity contribution in [2.75, 3.05) is 25.0 Å². The van der Waals surface area contributed by atoms with Crippen LogP contribution in [-0.4, -0.2) is 40.5 Å². The minimum atomic E-state index is 0.592. The first-order valence-corrected chi connectivity index (χ1v) is 9.79. The van der Waals surface area contributed by atoms with Crippen molar-refractivity contribution in [1.29, 1.82) is 0 Å². The predicted molar refractivity (Wildman–Crippen MR) is 97.4 cm³/mol. The van der Waals surface area contributed by atoms with Crippen molar-refractivity contribution in [3.8, 4) is 0 Å². The summed E-state index contributed by atoms with van der Waals surface area (Å²) < 4.78 is 0. The fourth-order valence-corrected chi connectivity index (χ4v) is 5.35. The average molecular weight is 331 g/mol. The molecule has 0 bridgehead atoms. The predicted octanol–water partition coefficient (Wildman–Crippen LogP) is 3.71. The van der Waals surface area contributed by atoms with Gasteiger partial charge in [0.05, 0.1) is 5.39 Å². The number of aromatic nitrogens is 2. The van der Waals surface area contributed by atoms with Gasteiger partial charge in [0, 0.05) is 17.5 Å². The highest BCUT2D eigenvalue weighted by atomic mass is 32.1. The molecule has 1 saturated heterocycles. The summed E-state index contributed by atoms with van der Waals surface area (Å²) in [6, 6.07) is 0.592. The minimum absolute atomic E-state index is 0.592. The number of aryl methyl sites for hydroxylation is 2. The van der Waals surface area contributed by atoms with Crippen LogP contribution in [0.1, 0.15) is 43.6 Å². The number of fused-ring (bicyclic) bond motifs is 3. The molecule has 0 aromatic carbocycles. The number of thiophene rings is 1. The van der Waals surface area contributed by atoms with Crippen LogP contribution < -0.4 is 5.32 Å². The van der Waals surface area contributed by atoms with Gasteiger partial charge in [0.25, 0.3) is 0 Å². The lowest BCUT2D eigenvalue weighted by molar-refractivity contribution is 0.201. The van der Waals surface area contributed by atoms with E-state index in [1.807, 2.05) is 11.3 Å². The molecule has 2 aromatic heterocycles. The molecule has 3 heterocycles. The topological polar surface area (TPSA) is 41.1 Å². The van der Waals surface area contributed by atoms with E-state index >= 15 is 0 Å². The van der Waals surface area contributed by atoms with Gasteiger partial charge in [0.2, 0.25) is 0 Å². The number of hydrogen-bond donors (Lipinski definition) is 1. The van der Waals surface area contributed by atoms with Gasteiger partial charge in [-0.1, -0.05) is 13.8 Å². The number of hydrogen-bond acceptors (Lipinski definition) is 5. The highest BCUT2D eigenvalue weighted by molar-refractivity contribution is 7.19. The molecular weight excluding hydrogens is 304 g/mol. The van der Waals surface area contributed by atoms with E-state index in [0.29, 0.717) is 12.0 Å². The quantitative estimate of drug-likeness (QED) is 0.907. The fraction of sp³-hybridized carbons (Fsp3) is 0.667. The smallest absolute Gasteiger partial charge is 0.138 e. The molecule has 1 fully saturated rings. The number of nitrogens with one attached hydrogen (secondary N) is 1. The molecule has 1 atom stereocenters. The van der Waals surface area contributed by atoms with Gasteiger partial charge in [0.15, 0.2) is 0 Å². The Morgan fingerprint density at radius 3 is 2.78 bits per heavy atom. The molecule has 0 unspecified atom stereocenters. The molecule has 4 rings (SSSR count). The van der Waals surface area contributed by atoms with Crippen molar-refractivity contribution in [2.45, 2.75) is 52.0 Å². The van der Waals surface area contributed by atoms with Crippen LogP contribution in [0.3, 0.4) is 0 Å². The lowest BCUT2D eigenvalue weighted by Crippen LogP contribution is -2.42. The van der Waals surface area contributed by atoms with E-state index in [9.17, 15) is 0 Å². The van der Waals surface area contributed by atoms with Gasteiger partial charge in [-0.2, -0.15) is 0 Å². The molecule has 124 valence electrons. The molecule has 0 amide bonds. The van der Waals surface area contributed by atoms with Crippen LogP contribution in [0, 0.1) is 5.92 Å². The second kappa shape index (κ2) is 6.36. The molecule has 0 spiro atoms. The van der Waals surface area contributed by atoms with Gasteiger partial charge in [-0.3, -0.25) is 4.90 Å². The Labute approximate surface area is 142 Å². The van der Waals surface area contributed by atoms with E-state index in [1.54, 1.807) is 6.33 Å². The Kier molecular flexibility index (Phi) is 4.24. The van der Waals surface area contributed by atoms with Crippen molar-refractivity contribution in [3.05, 3.63) is 16.8 Å². The second-order valence-corrected chi connectivity index (χ2v) is 8.28. The zero-order valence-corrected chi connectivity index (χ0v) is 15.0. The Morgan fingerprint density at radius 2 is 2.00 bits per heavy atom. The zero-order chi connectivity index (χ0) is 15.8. The third-order valence-corrected chi connectivity index (χ3v) is 6.56. The van der Waals surface area contributed by atoms with E-state index in [1.165, 1.54) is 61.0 Å². The first kappa shape index (κ1) is 15.3. The molecule has 0 radical (unpaired) electrons. The van der Waals surface area contributed by atoms with E-state index in [4.69, 9.17) is 0 Å². The number of nitrogens with zero attached hydrogens (tertiary/aromatic N) is 3. The van der Waals surface area contributed by atoms with E-state index in [0.717, 1.165) is 17.2 Å². The van der Waals surface area contributed by atoms with Crippen LogP contribution in [0.4, 0.5) is 5.82 Å². The van der Waals surface area contributed by atoms with Crippen LogP contribution in [0.25, 0.3) is 10.2 Å². The highest BCUT2D eigenvalue weighted by Crippen LogP contribution is 2.39. The van der Waals surface area contributed by atoms with Crippen LogP contribution >= 0.6 is 11.3 Å². The molecule has 1 aliphatic heterocycles. The lowest BCUT2D eigenvalue weighted by atomic mass is 10.0. The van der Waals surface area contributed by atoms with E-state index in [2.05, 4.69) is 34.0 Å². The maximum absolute atomic E-state index is 4.58.